The first-order valence-corrected chi connectivity index (χ1v) is 9.75. The van der Waals surface area contributed by atoms with Gasteiger partial charge in [-0.15, -0.1) is 0 Å². The molecule has 1 aromatic carbocycles. The number of nitrogens with one attached hydrogen (secondary N) is 1. The Hall–Kier alpha value is -1.59. The topological polar surface area (TPSA) is 51.1 Å². The van der Waals surface area contributed by atoms with Gasteiger partial charge in [-0.2, -0.15) is 0 Å². The number of guanidine groups is 1. The van der Waals surface area contributed by atoms with Crippen molar-refractivity contribution in [2.45, 2.75) is 51.3 Å². The van der Waals surface area contributed by atoms with Gasteiger partial charge in [0.15, 0.2) is 5.96 Å². The summed E-state index contributed by atoms with van der Waals surface area (Å²) >= 11 is 0. The van der Waals surface area contributed by atoms with Crippen molar-refractivity contribution in [3.05, 3.63) is 35.9 Å². The van der Waals surface area contributed by atoms with Crippen molar-refractivity contribution in [1.29, 1.82) is 0 Å². The van der Waals surface area contributed by atoms with E-state index in [0.29, 0.717) is 12.6 Å². The SMILES string of the molecule is CCNC(=NCC1CCCCN1Cc1ccccc1)N1CC[C@@H](O)C1. The Balaban J connectivity index is 1.63. The van der Waals surface area contributed by atoms with E-state index in [1.807, 2.05) is 0 Å². The Bertz CT molecular complexity index is 548. The van der Waals surface area contributed by atoms with Crippen molar-refractivity contribution in [3.8, 4) is 0 Å². The van der Waals surface area contributed by atoms with Crippen LogP contribution in [-0.2, 0) is 6.54 Å². The number of nitrogens with zero attached hydrogens (tertiary/aromatic N) is 3. The fraction of sp³-hybridized carbons (Fsp3) is 0.650. The Morgan fingerprint density at radius 1 is 1.20 bits per heavy atom. The second kappa shape index (κ2) is 9.20. The molecule has 25 heavy (non-hydrogen) atoms. The predicted molar refractivity (Wildman–Crippen MR) is 103 cm³/mol. The van der Waals surface area contributed by atoms with Gasteiger partial charge in [0.25, 0.3) is 0 Å². The zero-order valence-corrected chi connectivity index (χ0v) is 15.4. The fourth-order valence-corrected chi connectivity index (χ4v) is 3.84. The molecule has 0 saturated carbocycles. The quantitative estimate of drug-likeness (QED) is 0.634. The molecule has 2 aliphatic rings. The summed E-state index contributed by atoms with van der Waals surface area (Å²) in [6.07, 6.45) is 4.43. The smallest absolute Gasteiger partial charge is 0.194 e. The van der Waals surface area contributed by atoms with Crippen molar-refractivity contribution in [2.75, 3.05) is 32.7 Å². The fourth-order valence-electron chi connectivity index (χ4n) is 3.84. The summed E-state index contributed by atoms with van der Waals surface area (Å²) in [4.78, 5) is 9.71. The highest BCUT2D eigenvalue weighted by atomic mass is 16.3. The van der Waals surface area contributed by atoms with Crippen LogP contribution >= 0.6 is 0 Å². The van der Waals surface area contributed by atoms with Crippen LogP contribution in [0.25, 0.3) is 0 Å². The van der Waals surface area contributed by atoms with Gasteiger partial charge in [-0.1, -0.05) is 36.8 Å². The molecule has 138 valence electrons. The number of piperidine rings is 1. The van der Waals surface area contributed by atoms with Crippen LogP contribution in [0.1, 0.15) is 38.2 Å². The number of rotatable bonds is 5. The Kier molecular flexibility index (Phi) is 6.70. The third-order valence-electron chi connectivity index (χ3n) is 5.23. The lowest BCUT2D eigenvalue weighted by Gasteiger charge is -2.35. The molecule has 2 aliphatic heterocycles. The molecule has 2 heterocycles. The summed E-state index contributed by atoms with van der Waals surface area (Å²) in [5.41, 5.74) is 1.38. The van der Waals surface area contributed by atoms with Crippen LogP contribution in [0.4, 0.5) is 0 Å². The van der Waals surface area contributed by atoms with E-state index in [2.05, 4.69) is 52.4 Å². The molecule has 3 rings (SSSR count). The Morgan fingerprint density at radius 3 is 2.76 bits per heavy atom. The summed E-state index contributed by atoms with van der Waals surface area (Å²) < 4.78 is 0. The molecule has 0 aromatic heterocycles. The Morgan fingerprint density at radius 2 is 2.04 bits per heavy atom. The van der Waals surface area contributed by atoms with Crippen molar-refractivity contribution < 1.29 is 5.11 Å². The van der Waals surface area contributed by atoms with E-state index in [0.717, 1.165) is 45.1 Å². The van der Waals surface area contributed by atoms with Crippen LogP contribution in [0.2, 0.25) is 0 Å². The largest absolute Gasteiger partial charge is 0.391 e. The molecule has 1 aromatic rings. The second-order valence-electron chi connectivity index (χ2n) is 7.19. The molecule has 2 atom stereocenters. The molecule has 5 nitrogen and oxygen atoms in total. The average molecular weight is 345 g/mol. The molecule has 2 saturated heterocycles. The van der Waals surface area contributed by atoms with Gasteiger partial charge < -0.3 is 15.3 Å². The summed E-state index contributed by atoms with van der Waals surface area (Å²) in [5.74, 6) is 0.962. The maximum absolute atomic E-state index is 9.81. The van der Waals surface area contributed by atoms with Crippen molar-refractivity contribution in [1.82, 2.24) is 15.1 Å². The van der Waals surface area contributed by atoms with Crippen LogP contribution in [-0.4, -0.2) is 65.7 Å². The van der Waals surface area contributed by atoms with E-state index in [1.165, 1.54) is 24.8 Å². The number of aliphatic hydroxyl groups excluding tert-OH is 1. The van der Waals surface area contributed by atoms with E-state index < -0.39 is 0 Å². The first-order valence-electron chi connectivity index (χ1n) is 9.75. The third-order valence-corrected chi connectivity index (χ3v) is 5.23. The number of β-amino-alcohol motifs (C(OH)–C–C–N with tert-alkyl or cyclic N) is 1. The zero-order valence-electron chi connectivity index (χ0n) is 15.4. The minimum absolute atomic E-state index is 0.215. The molecule has 0 radical (unpaired) electrons. The lowest BCUT2D eigenvalue weighted by Crippen LogP contribution is -2.44. The lowest BCUT2D eigenvalue weighted by molar-refractivity contribution is 0.145. The predicted octanol–water partition coefficient (Wildman–Crippen LogP) is 2.07. The highest BCUT2D eigenvalue weighted by Crippen LogP contribution is 2.20. The molecule has 2 fully saturated rings. The molecule has 0 bridgehead atoms. The highest BCUT2D eigenvalue weighted by molar-refractivity contribution is 5.80. The van der Waals surface area contributed by atoms with E-state index in [4.69, 9.17) is 4.99 Å². The third kappa shape index (κ3) is 5.19. The van der Waals surface area contributed by atoms with Gasteiger partial charge in [-0.3, -0.25) is 9.89 Å². The molecule has 0 amide bonds. The van der Waals surface area contributed by atoms with Gasteiger partial charge in [0.1, 0.15) is 0 Å². The lowest BCUT2D eigenvalue weighted by atomic mass is 10.0. The molecule has 0 aliphatic carbocycles. The number of hydrogen-bond acceptors (Lipinski definition) is 3. The number of likely N-dealkylation sites (tertiary alicyclic amines) is 2. The van der Waals surface area contributed by atoms with E-state index in [9.17, 15) is 5.11 Å². The highest BCUT2D eigenvalue weighted by Gasteiger charge is 2.25. The maximum Gasteiger partial charge on any atom is 0.194 e. The van der Waals surface area contributed by atoms with Crippen molar-refractivity contribution >= 4 is 5.96 Å². The van der Waals surface area contributed by atoms with E-state index >= 15 is 0 Å². The summed E-state index contributed by atoms with van der Waals surface area (Å²) in [5, 5.41) is 13.2. The second-order valence-corrected chi connectivity index (χ2v) is 7.19. The van der Waals surface area contributed by atoms with E-state index in [1.54, 1.807) is 0 Å². The molecule has 0 spiro atoms. The van der Waals surface area contributed by atoms with Gasteiger partial charge in [0, 0.05) is 32.2 Å². The average Bonchev–Trinajstić information content (AvgIpc) is 3.07. The molecular weight excluding hydrogens is 312 g/mol. The van der Waals surface area contributed by atoms with Crippen LogP contribution in [0.3, 0.4) is 0 Å². The first kappa shape index (κ1) is 18.2. The first-order chi connectivity index (χ1) is 12.3. The van der Waals surface area contributed by atoms with E-state index in [-0.39, 0.29) is 6.10 Å². The van der Waals surface area contributed by atoms with Gasteiger partial charge in [0.05, 0.1) is 12.6 Å². The van der Waals surface area contributed by atoms with Crippen LogP contribution < -0.4 is 5.32 Å². The summed E-state index contributed by atoms with van der Waals surface area (Å²) in [6, 6.07) is 11.3. The molecule has 1 unspecified atom stereocenters. The Labute approximate surface area is 151 Å². The van der Waals surface area contributed by atoms with Crippen LogP contribution in [0.5, 0.6) is 0 Å². The standard InChI is InChI=1S/C20H32N4O/c1-2-21-20(24-13-11-19(25)16-24)22-14-18-10-6-7-12-23(18)15-17-8-4-3-5-9-17/h3-5,8-9,18-19,25H,2,6-7,10-16H2,1H3,(H,21,22)/t18?,19-/m1/s1. The number of benzene rings is 1. The molecule has 5 heteroatoms. The van der Waals surface area contributed by atoms with Gasteiger partial charge in [0.2, 0.25) is 0 Å². The molecule has 2 N–H and O–H groups in total. The van der Waals surface area contributed by atoms with Gasteiger partial charge in [-0.25, -0.2) is 0 Å². The minimum atomic E-state index is -0.215. The number of aliphatic imine (C=N–C) groups is 1. The maximum atomic E-state index is 9.81. The van der Waals surface area contributed by atoms with Crippen molar-refractivity contribution in [3.63, 3.8) is 0 Å². The zero-order chi connectivity index (χ0) is 17.5. The normalized spacial score (nSPS) is 25.4. The monoisotopic (exact) mass is 344 g/mol. The number of hydrogen-bond donors (Lipinski definition) is 2. The minimum Gasteiger partial charge on any atom is -0.391 e. The van der Waals surface area contributed by atoms with Gasteiger partial charge >= 0.3 is 0 Å². The number of aliphatic hydroxyl groups is 1. The van der Waals surface area contributed by atoms with Crippen molar-refractivity contribution in [2.24, 2.45) is 4.99 Å². The summed E-state index contributed by atoms with van der Waals surface area (Å²) in [7, 11) is 0. The summed E-state index contributed by atoms with van der Waals surface area (Å²) in [6.45, 7) is 7.57. The van der Waals surface area contributed by atoms with Gasteiger partial charge in [-0.05, 0) is 38.3 Å². The van der Waals surface area contributed by atoms with Crippen LogP contribution in [0.15, 0.2) is 35.3 Å². The molecular formula is C20H32N4O. The van der Waals surface area contributed by atoms with Crippen LogP contribution in [0, 0.1) is 0 Å².